The molecule has 3 nitrogen and oxygen atoms in total. The van der Waals surface area contributed by atoms with E-state index < -0.39 is 0 Å². The van der Waals surface area contributed by atoms with E-state index in [1.54, 1.807) is 0 Å². The molecule has 23 heavy (non-hydrogen) atoms. The Morgan fingerprint density at radius 2 is 1.91 bits per heavy atom. The lowest BCUT2D eigenvalue weighted by Crippen LogP contribution is -2.31. The lowest BCUT2D eigenvalue weighted by Gasteiger charge is -2.21. The summed E-state index contributed by atoms with van der Waals surface area (Å²) >= 11 is 0. The summed E-state index contributed by atoms with van der Waals surface area (Å²) in [7, 11) is 0. The third-order valence-corrected chi connectivity index (χ3v) is 4.87. The van der Waals surface area contributed by atoms with Crippen molar-refractivity contribution in [1.29, 1.82) is 0 Å². The van der Waals surface area contributed by atoms with Crippen LogP contribution < -0.4 is 0 Å². The van der Waals surface area contributed by atoms with Crippen molar-refractivity contribution in [3.8, 4) is 11.1 Å². The molecule has 2 heterocycles. The number of aromatic amines is 1. The SMILES string of the molecule is OC[C@H]1CCCN1Cc1cc2cc(-c3ccccc3)ccc2[nH]1. The third-order valence-electron chi connectivity index (χ3n) is 4.87. The maximum Gasteiger partial charge on any atom is 0.0587 e. The van der Waals surface area contributed by atoms with Crippen molar-refractivity contribution in [2.24, 2.45) is 0 Å². The number of nitrogens with zero attached hydrogens (tertiary/aromatic N) is 1. The molecular formula is C20H22N2O. The molecule has 1 atom stereocenters. The van der Waals surface area contributed by atoms with Crippen LogP contribution in [0.15, 0.2) is 54.6 Å². The molecule has 1 aliphatic heterocycles. The second-order valence-electron chi connectivity index (χ2n) is 6.41. The Hall–Kier alpha value is -2.10. The molecule has 118 valence electrons. The van der Waals surface area contributed by atoms with E-state index in [2.05, 4.69) is 58.4 Å². The van der Waals surface area contributed by atoms with Crippen LogP contribution in [-0.4, -0.2) is 34.2 Å². The number of rotatable bonds is 4. The summed E-state index contributed by atoms with van der Waals surface area (Å²) in [6, 6.07) is 19.6. The summed E-state index contributed by atoms with van der Waals surface area (Å²) in [4.78, 5) is 5.90. The van der Waals surface area contributed by atoms with E-state index in [1.165, 1.54) is 34.1 Å². The van der Waals surface area contributed by atoms with Crippen molar-refractivity contribution in [3.05, 3.63) is 60.3 Å². The zero-order valence-electron chi connectivity index (χ0n) is 13.2. The van der Waals surface area contributed by atoms with Crippen LogP contribution in [0, 0.1) is 0 Å². The Morgan fingerprint density at radius 3 is 2.74 bits per heavy atom. The maximum absolute atomic E-state index is 9.46. The van der Waals surface area contributed by atoms with Crippen molar-refractivity contribution in [2.75, 3.05) is 13.2 Å². The Bertz CT molecular complexity index is 794. The Morgan fingerprint density at radius 1 is 1.04 bits per heavy atom. The number of benzene rings is 2. The van der Waals surface area contributed by atoms with Gasteiger partial charge in [-0.15, -0.1) is 0 Å². The molecule has 1 aliphatic rings. The first kappa shape index (κ1) is 14.5. The first-order valence-corrected chi connectivity index (χ1v) is 8.35. The van der Waals surface area contributed by atoms with E-state index in [4.69, 9.17) is 0 Å². The average Bonchev–Trinajstić information content (AvgIpc) is 3.21. The summed E-state index contributed by atoms with van der Waals surface area (Å²) in [5.74, 6) is 0. The smallest absolute Gasteiger partial charge is 0.0587 e. The van der Waals surface area contributed by atoms with Crippen LogP contribution in [0.3, 0.4) is 0 Å². The van der Waals surface area contributed by atoms with Gasteiger partial charge in [-0.05, 0) is 48.7 Å². The molecule has 0 bridgehead atoms. The highest BCUT2D eigenvalue weighted by Crippen LogP contribution is 2.26. The summed E-state index contributed by atoms with van der Waals surface area (Å²) in [6.07, 6.45) is 2.29. The lowest BCUT2D eigenvalue weighted by molar-refractivity contribution is 0.152. The van der Waals surface area contributed by atoms with Crippen molar-refractivity contribution in [1.82, 2.24) is 9.88 Å². The Labute approximate surface area is 136 Å². The number of aliphatic hydroxyl groups excluding tert-OH is 1. The number of aromatic nitrogens is 1. The summed E-state index contributed by atoms with van der Waals surface area (Å²) in [5, 5.41) is 10.7. The molecule has 2 N–H and O–H groups in total. The minimum absolute atomic E-state index is 0.262. The van der Waals surface area contributed by atoms with Crippen LogP contribution in [0.5, 0.6) is 0 Å². The highest BCUT2D eigenvalue weighted by atomic mass is 16.3. The lowest BCUT2D eigenvalue weighted by atomic mass is 10.0. The van der Waals surface area contributed by atoms with Gasteiger partial charge in [0.05, 0.1) is 6.61 Å². The minimum atomic E-state index is 0.262. The van der Waals surface area contributed by atoms with Gasteiger partial charge in [0.15, 0.2) is 0 Å². The van der Waals surface area contributed by atoms with Gasteiger partial charge in [0.1, 0.15) is 0 Å². The predicted octanol–water partition coefficient (Wildman–Crippen LogP) is 3.79. The number of aliphatic hydroxyl groups is 1. The average molecular weight is 306 g/mol. The standard InChI is InChI=1S/C20H22N2O/c23-14-19-7-4-10-22(19)13-18-12-17-11-16(8-9-20(17)21-18)15-5-2-1-3-6-15/h1-3,5-6,8-9,11-12,19,21,23H,4,7,10,13-14H2/t19-/m1/s1. The van der Waals surface area contributed by atoms with E-state index in [9.17, 15) is 5.11 Å². The normalized spacial score (nSPS) is 18.7. The van der Waals surface area contributed by atoms with Gasteiger partial charge in [-0.25, -0.2) is 0 Å². The van der Waals surface area contributed by atoms with Gasteiger partial charge in [-0.1, -0.05) is 36.4 Å². The second-order valence-corrected chi connectivity index (χ2v) is 6.41. The number of likely N-dealkylation sites (tertiary alicyclic amines) is 1. The highest BCUT2D eigenvalue weighted by Gasteiger charge is 2.23. The third kappa shape index (κ3) is 2.90. The largest absolute Gasteiger partial charge is 0.395 e. The molecule has 2 aromatic carbocycles. The van der Waals surface area contributed by atoms with Crippen LogP contribution in [0.1, 0.15) is 18.5 Å². The molecular weight excluding hydrogens is 284 g/mol. The number of H-pyrrole nitrogens is 1. The number of hydrogen-bond donors (Lipinski definition) is 2. The second kappa shape index (κ2) is 6.19. The van der Waals surface area contributed by atoms with E-state index in [0.717, 1.165) is 19.5 Å². The summed E-state index contributed by atoms with van der Waals surface area (Å²) in [6.45, 7) is 2.23. The van der Waals surface area contributed by atoms with Crippen molar-refractivity contribution in [2.45, 2.75) is 25.4 Å². The van der Waals surface area contributed by atoms with Gasteiger partial charge in [0.2, 0.25) is 0 Å². The van der Waals surface area contributed by atoms with E-state index in [0.29, 0.717) is 6.04 Å². The van der Waals surface area contributed by atoms with Crippen LogP contribution >= 0.6 is 0 Å². The Kier molecular flexibility index (Phi) is 3.90. The van der Waals surface area contributed by atoms with Crippen LogP contribution in [-0.2, 0) is 6.54 Å². The fourth-order valence-electron chi connectivity index (χ4n) is 3.62. The maximum atomic E-state index is 9.46. The van der Waals surface area contributed by atoms with Crippen molar-refractivity contribution >= 4 is 10.9 Å². The van der Waals surface area contributed by atoms with Crippen LogP contribution in [0.2, 0.25) is 0 Å². The number of nitrogens with one attached hydrogen (secondary N) is 1. The first-order valence-electron chi connectivity index (χ1n) is 8.35. The zero-order valence-corrected chi connectivity index (χ0v) is 13.2. The minimum Gasteiger partial charge on any atom is -0.395 e. The molecule has 3 heteroatoms. The topological polar surface area (TPSA) is 39.3 Å². The van der Waals surface area contributed by atoms with E-state index in [-0.39, 0.29) is 6.61 Å². The van der Waals surface area contributed by atoms with Crippen LogP contribution in [0.4, 0.5) is 0 Å². The molecule has 3 aromatic rings. The van der Waals surface area contributed by atoms with Crippen LogP contribution in [0.25, 0.3) is 22.0 Å². The fourth-order valence-corrected chi connectivity index (χ4v) is 3.62. The van der Waals surface area contributed by atoms with Gasteiger partial charge in [-0.2, -0.15) is 0 Å². The molecule has 0 amide bonds. The van der Waals surface area contributed by atoms with E-state index >= 15 is 0 Å². The van der Waals surface area contributed by atoms with Gasteiger partial charge in [0.25, 0.3) is 0 Å². The molecule has 0 radical (unpaired) electrons. The number of hydrogen-bond acceptors (Lipinski definition) is 2. The molecule has 0 aliphatic carbocycles. The molecule has 1 aromatic heterocycles. The highest BCUT2D eigenvalue weighted by molar-refractivity contribution is 5.85. The monoisotopic (exact) mass is 306 g/mol. The summed E-state index contributed by atoms with van der Waals surface area (Å²) in [5.41, 5.74) is 4.90. The van der Waals surface area contributed by atoms with Crippen molar-refractivity contribution in [3.63, 3.8) is 0 Å². The molecule has 0 saturated carbocycles. The summed E-state index contributed by atoms with van der Waals surface area (Å²) < 4.78 is 0. The van der Waals surface area contributed by atoms with Gasteiger partial charge < -0.3 is 10.1 Å². The quantitative estimate of drug-likeness (QED) is 0.770. The molecule has 1 saturated heterocycles. The Balaban J connectivity index is 1.61. The van der Waals surface area contributed by atoms with Gasteiger partial charge in [0, 0.05) is 29.2 Å². The first-order chi connectivity index (χ1) is 11.3. The zero-order chi connectivity index (χ0) is 15.6. The van der Waals surface area contributed by atoms with E-state index in [1.807, 2.05) is 6.07 Å². The predicted molar refractivity (Wildman–Crippen MR) is 94.3 cm³/mol. The van der Waals surface area contributed by atoms with Crippen molar-refractivity contribution < 1.29 is 5.11 Å². The fraction of sp³-hybridized carbons (Fsp3) is 0.300. The molecule has 0 spiro atoms. The van der Waals surface area contributed by atoms with Gasteiger partial charge in [-0.3, -0.25) is 4.90 Å². The molecule has 4 rings (SSSR count). The molecule has 1 fully saturated rings. The number of fused-ring (bicyclic) bond motifs is 1. The van der Waals surface area contributed by atoms with Gasteiger partial charge >= 0.3 is 0 Å². The molecule has 0 unspecified atom stereocenters.